The van der Waals surface area contributed by atoms with E-state index in [1.165, 1.54) is 4.68 Å². The standard InChI is InChI=1S/C6H5N5O3/c1-6(2-7)3-10-5(14-6)8-4(9-10)11(12)13/h3H2,1H3/t6-/m1/s1. The molecule has 8 heteroatoms. The van der Waals surface area contributed by atoms with Crippen LogP contribution in [0.5, 0.6) is 6.01 Å². The molecule has 2 rings (SSSR count). The molecule has 0 saturated heterocycles. The number of hydrogen-bond acceptors (Lipinski definition) is 6. The van der Waals surface area contributed by atoms with Crippen LogP contribution in [-0.2, 0) is 6.54 Å². The van der Waals surface area contributed by atoms with E-state index < -0.39 is 16.5 Å². The second-order valence-electron chi connectivity index (χ2n) is 3.05. The van der Waals surface area contributed by atoms with Crippen LogP contribution in [0.3, 0.4) is 0 Å². The molecule has 0 unspecified atom stereocenters. The molecule has 2 heterocycles. The number of nitriles is 1. The van der Waals surface area contributed by atoms with Gasteiger partial charge < -0.3 is 14.9 Å². The van der Waals surface area contributed by atoms with Crippen LogP contribution in [0.2, 0.25) is 0 Å². The van der Waals surface area contributed by atoms with Crippen LogP contribution in [-0.4, -0.2) is 25.3 Å². The molecule has 0 saturated carbocycles. The molecular weight excluding hydrogens is 190 g/mol. The number of fused-ring (bicyclic) bond motifs is 1. The molecule has 1 aliphatic heterocycles. The van der Waals surface area contributed by atoms with E-state index in [1.54, 1.807) is 6.92 Å². The molecule has 1 aromatic heterocycles. The lowest BCUT2D eigenvalue weighted by Crippen LogP contribution is -2.29. The Bertz CT molecular complexity index is 421. The Labute approximate surface area is 77.9 Å². The molecule has 0 aliphatic carbocycles. The Morgan fingerprint density at radius 3 is 3.07 bits per heavy atom. The van der Waals surface area contributed by atoms with E-state index in [4.69, 9.17) is 10.00 Å². The van der Waals surface area contributed by atoms with Crippen LogP contribution in [0, 0.1) is 21.4 Å². The van der Waals surface area contributed by atoms with Gasteiger partial charge in [0.2, 0.25) is 5.60 Å². The van der Waals surface area contributed by atoms with Crippen molar-refractivity contribution in [3.63, 3.8) is 0 Å². The van der Waals surface area contributed by atoms with E-state index in [1.807, 2.05) is 6.07 Å². The van der Waals surface area contributed by atoms with Crippen molar-refractivity contribution in [3.8, 4) is 12.1 Å². The molecule has 0 radical (unpaired) electrons. The fourth-order valence-electron chi connectivity index (χ4n) is 1.15. The number of nitrogens with zero attached hydrogens (tertiary/aromatic N) is 5. The molecule has 8 nitrogen and oxygen atoms in total. The Morgan fingerprint density at radius 2 is 2.57 bits per heavy atom. The van der Waals surface area contributed by atoms with Crippen molar-refractivity contribution < 1.29 is 9.66 Å². The quantitative estimate of drug-likeness (QED) is 0.456. The SMILES string of the molecule is C[C@@]1(C#N)Cn2nc([N+](=O)[O-])nc2O1. The minimum Gasteiger partial charge on any atom is -0.427 e. The van der Waals surface area contributed by atoms with Crippen LogP contribution in [0.4, 0.5) is 5.95 Å². The van der Waals surface area contributed by atoms with Gasteiger partial charge in [0, 0.05) is 5.10 Å². The third-order valence-electron chi connectivity index (χ3n) is 1.79. The van der Waals surface area contributed by atoms with Crippen molar-refractivity contribution in [1.29, 1.82) is 5.26 Å². The van der Waals surface area contributed by atoms with Crippen LogP contribution in [0.25, 0.3) is 0 Å². The highest BCUT2D eigenvalue weighted by Crippen LogP contribution is 2.27. The summed E-state index contributed by atoms with van der Waals surface area (Å²) >= 11 is 0. The normalized spacial score (nSPS) is 23.7. The summed E-state index contributed by atoms with van der Waals surface area (Å²) in [6.07, 6.45) is 0. The summed E-state index contributed by atoms with van der Waals surface area (Å²) in [5, 5.41) is 22.6. The first-order chi connectivity index (χ1) is 6.54. The van der Waals surface area contributed by atoms with Crippen LogP contribution in [0.15, 0.2) is 0 Å². The van der Waals surface area contributed by atoms with Crippen molar-refractivity contribution >= 4 is 5.95 Å². The molecule has 14 heavy (non-hydrogen) atoms. The van der Waals surface area contributed by atoms with E-state index in [9.17, 15) is 10.1 Å². The number of hydrogen-bond donors (Lipinski definition) is 0. The predicted molar refractivity (Wildman–Crippen MR) is 41.3 cm³/mol. The third-order valence-corrected chi connectivity index (χ3v) is 1.79. The molecule has 1 atom stereocenters. The van der Waals surface area contributed by atoms with Crippen LogP contribution in [0.1, 0.15) is 6.92 Å². The molecule has 1 aromatic rings. The maximum atomic E-state index is 10.3. The van der Waals surface area contributed by atoms with Gasteiger partial charge in [-0.1, -0.05) is 0 Å². The molecule has 0 bridgehead atoms. The summed E-state index contributed by atoms with van der Waals surface area (Å²) in [4.78, 5) is 13.1. The first-order valence-corrected chi connectivity index (χ1v) is 3.73. The fourth-order valence-corrected chi connectivity index (χ4v) is 1.15. The number of nitro groups is 1. The molecule has 0 aromatic carbocycles. The van der Waals surface area contributed by atoms with Gasteiger partial charge in [-0.15, -0.1) is 4.68 Å². The van der Waals surface area contributed by atoms with E-state index in [0.29, 0.717) is 0 Å². The highest BCUT2D eigenvalue weighted by atomic mass is 16.6. The highest BCUT2D eigenvalue weighted by molar-refractivity contribution is 5.17. The van der Waals surface area contributed by atoms with Gasteiger partial charge in [0.1, 0.15) is 12.6 Å². The average Bonchev–Trinajstić information content (AvgIpc) is 2.59. The van der Waals surface area contributed by atoms with Crippen LogP contribution >= 0.6 is 0 Å². The predicted octanol–water partition coefficient (Wildman–Crippen LogP) is -0.139. The second kappa shape index (κ2) is 2.41. The Kier molecular flexibility index (Phi) is 1.45. The lowest BCUT2D eigenvalue weighted by atomic mass is 10.1. The lowest BCUT2D eigenvalue weighted by Gasteiger charge is -2.09. The summed E-state index contributed by atoms with van der Waals surface area (Å²) in [6.45, 7) is 1.72. The van der Waals surface area contributed by atoms with Gasteiger partial charge in [-0.2, -0.15) is 5.26 Å². The lowest BCUT2D eigenvalue weighted by molar-refractivity contribution is -0.394. The smallest absolute Gasteiger partial charge is 0.427 e. The first kappa shape index (κ1) is 8.43. The molecule has 72 valence electrons. The van der Waals surface area contributed by atoms with Gasteiger partial charge >= 0.3 is 12.0 Å². The van der Waals surface area contributed by atoms with Crippen molar-refractivity contribution in [1.82, 2.24) is 14.8 Å². The topological polar surface area (TPSA) is 107 Å². The second-order valence-corrected chi connectivity index (χ2v) is 3.05. The number of aromatic nitrogens is 3. The summed E-state index contributed by atoms with van der Waals surface area (Å²) in [5.74, 6) is -0.514. The van der Waals surface area contributed by atoms with Crippen molar-refractivity contribution in [2.45, 2.75) is 19.1 Å². The maximum Gasteiger partial charge on any atom is 0.494 e. The Hall–Kier alpha value is -2.17. The summed E-state index contributed by atoms with van der Waals surface area (Å²) in [7, 11) is 0. The van der Waals surface area contributed by atoms with Gasteiger partial charge in [-0.05, 0) is 16.8 Å². The minimum absolute atomic E-state index is 0.0146. The monoisotopic (exact) mass is 195 g/mol. The number of rotatable bonds is 1. The average molecular weight is 195 g/mol. The Morgan fingerprint density at radius 1 is 1.86 bits per heavy atom. The van der Waals surface area contributed by atoms with Gasteiger partial charge in [0.05, 0.1) is 0 Å². The van der Waals surface area contributed by atoms with Crippen LogP contribution < -0.4 is 4.74 Å². The molecule has 1 aliphatic rings. The molecule has 0 N–H and O–H groups in total. The summed E-state index contributed by atoms with van der Waals surface area (Å²) < 4.78 is 6.31. The van der Waals surface area contributed by atoms with Gasteiger partial charge in [0.15, 0.2) is 0 Å². The molecule has 0 spiro atoms. The van der Waals surface area contributed by atoms with Crippen molar-refractivity contribution in [3.05, 3.63) is 10.1 Å². The van der Waals surface area contributed by atoms with Gasteiger partial charge in [0.25, 0.3) is 0 Å². The van der Waals surface area contributed by atoms with Crippen molar-refractivity contribution in [2.75, 3.05) is 0 Å². The third kappa shape index (κ3) is 1.06. The zero-order chi connectivity index (χ0) is 10.3. The van der Waals surface area contributed by atoms with E-state index >= 15 is 0 Å². The minimum atomic E-state index is -1.02. The zero-order valence-corrected chi connectivity index (χ0v) is 7.17. The number of ether oxygens (including phenoxy) is 1. The molecule has 0 amide bonds. The maximum absolute atomic E-state index is 10.3. The van der Waals surface area contributed by atoms with Gasteiger partial charge in [-0.3, -0.25) is 0 Å². The fraction of sp³-hybridized carbons (Fsp3) is 0.500. The van der Waals surface area contributed by atoms with E-state index in [-0.39, 0.29) is 12.6 Å². The zero-order valence-electron chi connectivity index (χ0n) is 7.17. The van der Waals surface area contributed by atoms with E-state index in [0.717, 1.165) is 0 Å². The van der Waals surface area contributed by atoms with Crippen molar-refractivity contribution in [2.24, 2.45) is 0 Å². The highest BCUT2D eigenvalue weighted by Gasteiger charge is 2.42. The van der Waals surface area contributed by atoms with Gasteiger partial charge in [-0.25, -0.2) is 0 Å². The summed E-state index contributed by atoms with van der Waals surface area (Å²) in [5.41, 5.74) is -1.02. The molecular formula is C6H5N5O3. The first-order valence-electron chi connectivity index (χ1n) is 3.73. The largest absolute Gasteiger partial charge is 0.494 e. The summed E-state index contributed by atoms with van der Waals surface area (Å²) in [6, 6.07) is 1.94. The van der Waals surface area contributed by atoms with E-state index in [2.05, 4.69) is 10.1 Å². The Balaban J connectivity index is 2.34. The molecule has 0 fully saturated rings.